The normalized spacial score (nSPS) is 34.4. The number of aromatic hydroxyl groups is 1. The van der Waals surface area contributed by atoms with Crippen LogP contribution in [0.3, 0.4) is 0 Å². The minimum atomic E-state index is 0.0464. The number of rotatable bonds is 6. The first-order chi connectivity index (χ1) is 17.5. The largest absolute Gasteiger partial charge is 0.508 e. The average molecular weight is 486 g/mol. The van der Waals surface area contributed by atoms with Gasteiger partial charge >= 0.3 is 0 Å². The zero-order chi connectivity index (χ0) is 24.5. The number of hydrogen-bond acceptors (Lipinski definition) is 4. The number of phenolic OH excluding ortho intramolecular Hbond substituents is 1. The van der Waals surface area contributed by atoms with Crippen LogP contribution in [0.5, 0.6) is 5.75 Å². The average Bonchev–Trinajstić information content (AvgIpc) is 3.30. The van der Waals surface area contributed by atoms with E-state index in [2.05, 4.69) is 34.3 Å². The Morgan fingerprint density at radius 2 is 2.00 bits per heavy atom. The molecule has 5 atom stereocenters. The van der Waals surface area contributed by atoms with Gasteiger partial charge in [-0.25, -0.2) is 0 Å². The lowest BCUT2D eigenvalue weighted by Gasteiger charge is -2.59. The second-order valence-electron chi connectivity index (χ2n) is 12.5. The maximum Gasteiger partial charge on any atom is 0.254 e. The molecule has 2 aromatic rings. The fourth-order valence-corrected chi connectivity index (χ4v) is 9.46. The van der Waals surface area contributed by atoms with Crippen molar-refractivity contribution in [2.75, 3.05) is 39.8 Å². The van der Waals surface area contributed by atoms with Crippen molar-refractivity contribution >= 4 is 5.91 Å². The van der Waals surface area contributed by atoms with Gasteiger partial charge in [0, 0.05) is 43.2 Å². The second kappa shape index (κ2) is 8.32. The molecule has 0 aromatic heterocycles. The van der Waals surface area contributed by atoms with Crippen molar-refractivity contribution in [3.8, 4) is 5.75 Å². The van der Waals surface area contributed by atoms with Crippen LogP contribution in [0.15, 0.2) is 48.5 Å². The van der Waals surface area contributed by atoms with Gasteiger partial charge in [-0.05, 0) is 111 Å². The first-order valence-corrected chi connectivity index (χ1v) is 14.1. The highest BCUT2D eigenvalue weighted by molar-refractivity contribution is 5.94. The number of aryl methyl sites for hydroxylation is 1. The third-order valence-corrected chi connectivity index (χ3v) is 10.9. The van der Waals surface area contributed by atoms with E-state index >= 15 is 0 Å². The molecule has 36 heavy (non-hydrogen) atoms. The molecule has 2 heterocycles. The number of carbonyl (C=O) groups excluding carboxylic acids is 1. The van der Waals surface area contributed by atoms with Gasteiger partial charge in [0.05, 0.1) is 0 Å². The number of amides is 1. The minimum Gasteiger partial charge on any atom is -0.508 e. The second-order valence-corrected chi connectivity index (χ2v) is 12.5. The summed E-state index contributed by atoms with van der Waals surface area (Å²) in [6, 6.07) is 16.4. The highest BCUT2D eigenvalue weighted by atomic mass is 16.3. The lowest BCUT2D eigenvalue weighted by Crippen LogP contribution is -2.58. The Labute approximate surface area is 214 Å². The van der Waals surface area contributed by atoms with Gasteiger partial charge in [0.2, 0.25) is 0 Å². The molecule has 4 fully saturated rings. The van der Waals surface area contributed by atoms with E-state index in [-0.39, 0.29) is 11.3 Å². The van der Waals surface area contributed by atoms with Crippen LogP contribution >= 0.6 is 0 Å². The Hall–Kier alpha value is -2.37. The van der Waals surface area contributed by atoms with Crippen molar-refractivity contribution < 1.29 is 9.90 Å². The molecule has 4 unspecified atom stereocenters. The Morgan fingerprint density at radius 3 is 2.78 bits per heavy atom. The van der Waals surface area contributed by atoms with Gasteiger partial charge in [-0.2, -0.15) is 0 Å². The summed E-state index contributed by atoms with van der Waals surface area (Å²) < 4.78 is 0. The quantitative estimate of drug-likeness (QED) is 0.648. The van der Waals surface area contributed by atoms with Gasteiger partial charge in [0.1, 0.15) is 5.75 Å². The predicted octanol–water partition coefficient (Wildman–Crippen LogP) is 4.06. The molecule has 0 spiro atoms. The summed E-state index contributed by atoms with van der Waals surface area (Å²) in [6.45, 7) is 5.40. The summed E-state index contributed by atoms with van der Waals surface area (Å²) in [5.74, 6) is 2.41. The van der Waals surface area contributed by atoms with Crippen LogP contribution in [0.2, 0.25) is 0 Å². The molecule has 5 aliphatic rings. The lowest BCUT2D eigenvalue weighted by molar-refractivity contribution is -0.00810. The Balaban J connectivity index is 1.28. The van der Waals surface area contributed by atoms with E-state index in [1.54, 1.807) is 0 Å². The van der Waals surface area contributed by atoms with Crippen molar-refractivity contribution in [3.63, 3.8) is 0 Å². The number of likely N-dealkylation sites (tertiary alicyclic amines) is 1. The van der Waals surface area contributed by atoms with Crippen LogP contribution in [-0.4, -0.2) is 66.6 Å². The highest BCUT2D eigenvalue weighted by Gasteiger charge is 2.72. The smallest absolute Gasteiger partial charge is 0.254 e. The number of nitrogens with zero attached hydrogens (tertiary/aromatic N) is 2. The van der Waals surface area contributed by atoms with Gasteiger partial charge in [0.25, 0.3) is 5.91 Å². The van der Waals surface area contributed by atoms with Crippen LogP contribution in [0, 0.1) is 23.2 Å². The summed E-state index contributed by atoms with van der Waals surface area (Å²) in [7, 11) is 2.29. The molecule has 7 rings (SSSR count). The molecule has 2 N–H and O–H groups in total. The summed E-state index contributed by atoms with van der Waals surface area (Å²) in [4.78, 5) is 18.5. The van der Waals surface area contributed by atoms with Crippen LogP contribution in [0.25, 0.3) is 0 Å². The molecule has 1 amide bonds. The van der Waals surface area contributed by atoms with E-state index in [1.165, 1.54) is 30.4 Å². The van der Waals surface area contributed by atoms with E-state index in [0.29, 0.717) is 29.0 Å². The molecule has 190 valence electrons. The van der Waals surface area contributed by atoms with Gasteiger partial charge < -0.3 is 20.2 Å². The van der Waals surface area contributed by atoms with Crippen molar-refractivity contribution in [1.82, 2.24) is 15.1 Å². The van der Waals surface area contributed by atoms with Crippen molar-refractivity contribution in [2.24, 2.45) is 23.2 Å². The van der Waals surface area contributed by atoms with E-state index in [0.717, 1.165) is 63.5 Å². The number of fused-ring (bicyclic) bond motifs is 1. The summed E-state index contributed by atoms with van der Waals surface area (Å²) >= 11 is 0. The Kier molecular flexibility index (Phi) is 5.27. The SMILES string of the molecule is CN(CCC12c3cc(O)ccc3CCC13CCC1C2[C@@H](CN1C(=O)c1ccccc1)C3)CC1CNC1. The molecule has 2 aliphatic heterocycles. The number of benzene rings is 2. The Morgan fingerprint density at radius 1 is 1.17 bits per heavy atom. The summed E-state index contributed by atoms with van der Waals surface area (Å²) in [6.07, 6.45) is 7.07. The maximum absolute atomic E-state index is 13.7. The Bertz CT molecular complexity index is 1160. The van der Waals surface area contributed by atoms with Crippen LogP contribution in [0.1, 0.15) is 53.6 Å². The zero-order valence-corrected chi connectivity index (χ0v) is 21.5. The van der Waals surface area contributed by atoms with E-state index in [9.17, 15) is 9.90 Å². The van der Waals surface area contributed by atoms with Gasteiger partial charge in [-0.15, -0.1) is 0 Å². The highest BCUT2D eigenvalue weighted by Crippen LogP contribution is 2.73. The first-order valence-electron chi connectivity index (χ1n) is 14.1. The molecule has 2 saturated heterocycles. The van der Waals surface area contributed by atoms with Crippen molar-refractivity contribution in [1.29, 1.82) is 0 Å². The summed E-state index contributed by atoms with van der Waals surface area (Å²) in [5.41, 5.74) is 4.02. The molecular weight excluding hydrogens is 446 g/mol. The van der Waals surface area contributed by atoms with Crippen LogP contribution < -0.4 is 5.32 Å². The van der Waals surface area contributed by atoms with Gasteiger partial charge in [-0.3, -0.25) is 4.79 Å². The standard InChI is InChI=1S/C31H39N3O2/c1-33(19-21-17-32-18-21)14-13-31-26-15-25(35)8-7-22(26)9-11-30(31)12-10-27-28(31)24(16-30)20-34(27)29(36)23-5-3-2-4-6-23/h2-8,15,21,24,27-28,32,35H,9-14,16-20H2,1H3/t24-,27?,28?,30?,31?/m1/s1. The molecule has 3 aliphatic carbocycles. The minimum absolute atomic E-state index is 0.0464. The number of nitrogens with one attached hydrogen (secondary N) is 1. The van der Waals surface area contributed by atoms with Crippen molar-refractivity contribution in [2.45, 2.75) is 50.0 Å². The number of phenols is 1. The molecule has 2 saturated carbocycles. The topological polar surface area (TPSA) is 55.8 Å². The van der Waals surface area contributed by atoms with E-state index < -0.39 is 0 Å². The zero-order valence-electron chi connectivity index (χ0n) is 21.5. The molecule has 0 radical (unpaired) electrons. The molecule has 2 bridgehead atoms. The molecular formula is C31H39N3O2. The van der Waals surface area contributed by atoms with Crippen molar-refractivity contribution in [3.05, 3.63) is 65.2 Å². The van der Waals surface area contributed by atoms with Crippen LogP contribution in [-0.2, 0) is 11.8 Å². The van der Waals surface area contributed by atoms with Gasteiger partial charge in [-0.1, -0.05) is 24.3 Å². The number of carbonyl (C=O) groups is 1. The van der Waals surface area contributed by atoms with Gasteiger partial charge in [0.15, 0.2) is 0 Å². The van der Waals surface area contributed by atoms with Crippen LogP contribution in [0.4, 0.5) is 0 Å². The maximum atomic E-state index is 13.7. The third-order valence-electron chi connectivity index (χ3n) is 10.9. The molecule has 5 heteroatoms. The summed E-state index contributed by atoms with van der Waals surface area (Å²) in [5, 5.41) is 14.1. The predicted molar refractivity (Wildman–Crippen MR) is 141 cm³/mol. The molecule has 2 aromatic carbocycles. The fourth-order valence-electron chi connectivity index (χ4n) is 9.46. The lowest BCUT2D eigenvalue weighted by atomic mass is 9.47. The molecule has 5 nitrogen and oxygen atoms in total. The van der Waals surface area contributed by atoms with E-state index in [4.69, 9.17) is 0 Å². The fraction of sp³-hybridized carbons (Fsp3) is 0.581. The number of hydrogen-bond donors (Lipinski definition) is 2. The van der Waals surface area contributed by atoms with E-state index in [1.807, 2.05) is 36.4 Å². The third kappa shape index (κ3) is 3.18. The first kappa shape index (κ1) is 22.8. The monoisotopic (exact) mass is 485 g/mol.